The molecule has 0 radical (unpaired) electrons. The average Bonchev–Trinajstić information content (AvgIpc) is 3.49. The van der Waals surface area contributed by atoms with E-state index >= 15 is 0 Å². The van der Waals surface area contributed by atoms with Crippen molar-refractivity contribution in [2.75, 3.05) is 26.4 Å². The molecule has 0 atom stereocenters. The number of nitrogens with one attached hydrogen (secondary N) is 2. The number of benzene rings is 1. The van der Waals surface area contributed by atoms with Crippen molar-refractivity contribution in [3.8, 4) is 11.5 Å². The Morgan fingerprint density at radius 1 is 1.07 bits per heavy atom. The van der Waals surface area contributed by atoms with Gasteiger partial charge in [-0.15, -0.1) is 0 Å². The Bertz CT molecular complexity index is 917. The summed E-state index contributed by atoms with van der Waals surface area (Å²) >= 11 is 5.47. The fourth-order valence-corrected chi connectivity index (χ4v) is 3.41. The molecule has 0 spiro atoms. The minimum atomic E-state index is -0.433. The van der Waals surface area contributed by atoms with E-state index in [1.54, 1.807) is 16.1 Å². The fraction of sp³-hybridized carbons (Fsp3) is 0.316. The van der Waals surface area contributed by atoms with Gasteiger partial charge in [0.15, 0.2) is 22.4 Å². The van der Waals surface area contributed by atoms with Crippen LogP contribution in [0.5, 0.6) is 11.5 Å². The molecule has 2 aliphatic rings. The molecule has 2 aliphatic heterocycles. The smallest absolute Gasteiger partial charge is 0.287 e. The van der Waals surface area contributed by atoms with E-state index in [1.807, 2.05) is 18.2 Å². The number of carbonyl (C=O) groups excluding carboxylic acids is 2. The van der Waals surface area contributed by atoms with Crippen LogP contribution >= 0.6 is 12.2 Å². The van der Waals surface area contributed by atoms with Gasteiger partial charge in [-0.2, -0.15) is 0 Å². The SMILES string of the molecule is O=C(NCC(=O)N1CCCN1C(=S)NCc1ccc2c(c1)OCO2)c1ccco1. The van der Waals surface area contributed by atoms with Crippen LogP contribution in [0.3, 0.4) is 0 Å². The van der Waals surface area contributed by atoms with Crippen LogP contribution in [0, 0.1) is 0 Å². The van der Waals surface area contributed by atoms with Gasteiger partial charge in [-0.25, -0.2) is 0 Å². The zero-order valence-electron chi connectivity index (χ0n) is 15.6. The highest BCUT2D eigenvalue weighted by Gasteiger charge is 2.29. The van der Waals surface area contributed by atoms with Gasteiger partial charge < -0.3 is 24.5 Å². The Balaban J connectivity index is 1.29. The number of furan rings is 1. The second kappa shape index (κ2) is 8.39. The molecule has 0 unspecified atom stereocenters. The van der Waals surface area contributed by atoms with Crippen molar-refractivity contribution in [3.63, 3.8) is 0 Å². The monoisotopic (exact) mass is 416 g/mol. The number of rotatable bonds is 5. The summed E-state index contributed by atoms with van der Waals surface area (Å²) in [4.78, 5) is 24.5. The second-order valence-electron chi connectivity index (χ2n) is 6.50. The predicted molar refractivity (Wildman–Crippen MR) is 106 cm³/mol. The van der Waals surface area contributed by atoms with Gasteiger partial charge in [0.25, 0.3) is 11.8 Å². The standard InChI is InChI=1S/C19H20N4O5S/c24-17(11-20-18(25)15-3-1-8-26-15)22-6-2-7-23(22)19(29)21-10-13-4-5-14-16(9-13)28-12-27-14/h1,3-5,8-9H,2,6-7,10-12H2,(H,20,25)(H,21,29). The maximum atomic E-state index is 12.6. The van der Waals surface area contributed by atoms with E-state index in [9.17, 15) is 9.59 Å². The molecule has 0 bridgehead atoms. The molecule has 10 heteroatoms. The van der Waals surface area contributed by atoms with E-state index in [-0.39, 0.29) is 25.0 Å². The van der Waals surface area contributed by atoms with Gasteiger partial charge in [0, 0.05) is 19.6 Å². The highest BCUT2D eigenvalue weighted by Crippen LogP contribution is 2.32. The topological polar surface area (TPSA) is 96.3 Å². The maximum absolute atomic E-state index is 12.6. The van der Waals surface area contributed by atoms with E-state index in [2.05, 4.69) is 10.6 Å². The van der Waals surface area contributed by atoms with Gasteiger partial charge >= 0.3 is 0 Å². The van der Waals surface area contributed by atoms with E-state index in [4.69, 9.17) is 26.1 Å². The predicted octanol–water partition coefficient (Wildman–Crippen LogP) is 1.26. The van der Waals surface area contributed by atoms with Crippen molar-refractivity contribution in [2.24, 2.45) is 0 Å². The van der Waals surface area contributed by atoms with E-state index in [1.165, 1.54) is 12.3 Å². The van der Waals surface area contributed by atoms with Crippen LogP contribution in [-0.4, -0.2) is 53.4 Å². The Morgan fingerprint density at radius 3 is 2.72 bits per heavy atom. The van der Waals surface area contributed by atoms with Crippen molar-refractivity contribution >= 4 is 29.1 Å². The molecule has 2 aromatic rings. The first-order valence-corrected chi connectivity index (χ1v) is 9.58. The lowest BCUT2D eigenvalue weighted by atomic mass is 10.2. The Hall–Kier alpha value is -3.27. The van der Waals surface area contributed by atoms with Crippen molar-refractivity contribution in [2.45, 2.75) is 13.0 Å². The molecule has 1 saturated heterocycles. The Morgan fingerprint density at radius 2 is 1.90 bits per heavy atom. The second-order valence-corrected chi connectivity index (χ2v) is 6.89. The number of amides is 2. The van der Waals surface area contributed by atoms with Crippen molar-refractivity contribution < 1.29 is 23.5 Å². The van der Waals surface area contributed by atoms with Gasteiger partial charge in [0.2, 0.25) is 6.79 Å². The summed E-state index contributed by atoms with van der Waals surface area (Å²) < 4.78 is 15.7. The molecule has 1 aromatic heterocycles. The molecule has 2 N–H and O–H groups in total. The first kappa shape index (κ1) is 19.1. The number of hydrazine groups is 1. The molecular formula is C19H20N4O5S. The van der Waals surface area contributed by atoms with E-state index < -0.39 is 5.91 Å². The molecule has 1 fully saturated rings. The molecule has 4 rings (SSSR count). The average molecular weight is 416 g/mol. The van der Waals surface area contributed by atoms with Gasteiger partial charge in [0.05, 0.1) is 12.8 Å². The van der Waals surface area contributed by atoms with Crippen molar-refractivity contribution in [1.82, 2.24) is 20.7 Å². The molecule has 29 heavy (non-hydrogen) atoms. The zero-order valence-corrected chi connectivity index (χ0v) is 16.4. The minimum Gasteiger partial charge on any atom is -0.459 e. The zero-order chi connectivity index (χ0) is 20.2. The van der Waals surface area contributed by atoms with Gasteiger partial charge in [-0.3, -0.25) is 19.6 Å². The van der Waals surface area contributed by atoms with Gasteiger partial charge in [-0.1, -0.05) is 6.07 Å². The summed E-state index contributed by atoms with van der Waals surface area (Å²) in [7, 11) is 0. The highest BCUT2D eigenvalue weighted by atomic mass is 32.1. The minimum absolute atomic E-state index is 0.138. The Labute approximate surface area is 172 Å². The number of hydrogen-bond acceptors (Lipinski definition) is 6. The van der Waals surface area contributed by atoms with E-state index in [0.29, 0.717) is 30.5 Å². The summed E-state index contributed by atoms with van der Waals surface area (Å²) in [6.07, 6.45) is 2.20. The largest absolute Gasteiger partial charge is 0.459 e. The van der Waals surface area contributed by atoms with Crippen LogP contribution in [0.1, 0.15) is 22.5 Å². The Kier molecular flexibility index (Phi) is 5.52. The third-order valence-corrected chi connectivity index (χ3v) is 4.93. The summed E-state index contributed by atoms with van der Waals surface area (Å²) in [5.74, 6) is 0.925. The number of thiocarbonyl (C=S) groups is 1. The number of ether oxygens (including phenoxy) is 2. The third kappa shape index (κ3) is 4.27. The lowest BCUT2D eigenvalue weighted by Crippen LogP contribution is -2.51. The van der Waals surface area contributed by atoms with Crippen molar-refractivity contribution in [1.29, 1.82) is 0 Å². The molecular weight excluding hydrogens is 396 g/mol. The van der Waals surface area contributed by atoms with Crippen molar-refractivity contribution in [3.05, 3.63) is 47.9 Å². The summed E-state index contributed by atoms with van der Waals surface area (Å²) in [5.41, 5.74) is 0.986. The number of nitrogens with zero attached hydrogens (tertiary/aromatic N) is 2. The van der Waals surface area contributed by atoms with Crippen LogP contribution in [0.25, 0.3) is 0 Å². The quantitative estimate of drug-likeness (QED) is 0.704. The molecule has 1 aromatic carbocycles. The fourth-order valence-electron chi connectivity index (χ4n) is 3.14. The molecule has 0 aliphatic carbocycles. The summed E-state index contributed by atoms with van der Waals surface area (Å²) in [5, 5.41) is 9.46. The molecule has 9 nitrogen and oxygen atoms in total. The first-order valence-electron chi connectivity index (χ1n) is 9.18. The lowest BCUT2D eigenvalue weighted by molar-refractivity contribution is -0.137. The third-order valence-electron chi connectivity index (χ3n) is 4.58. The summed E-state index contributed by atoms with van der Waals surface area (Å²) in [6, 6.07) is 8.84. The van der Waals surface area contributed by atoms with E-state index in [0.717, 1.165) is 17.7 Å². The van der Waals surface area contributed by atoms with Crippen LogP contribution in [0.15, 0.2) is 41.0 Å². The maximum Gasteiger partial charge on any atom is 0.287 e. The highest BCUT2D eigenvalue weighted by molar-refractivity contribution is 7.80. The lowest BCUT2D eigenvalue weighted by Gasteiger charge is -2.30. The molecule has 0 saturated carbocycles. The summed E-state index contributed by atoms with van der Waals surface area (Å²) in [6.45, 7) is 1.75. The molecule has 3 heterocycles. The number of hydrogen-bond donors (Lipinski definition) is 2. The number of carbonyl (C=O) groups is 2. The van der Waals surface area contributed by atoms with Crippen LogP contribution in [0.2, 0.25) is 0 Å². The first-order chi connectivity index (χ1) is 14.1. The van der Waals surface area contributed by atoms with Crippen LogP contribution < -0.4 is 20.1 Å². The molecule has 2 amide bonds. The van der Waals surface area contributed by atoms with Crippen LogP contribution in [0.4, 0.5) is 0 Å². The molecule has 152 valence electrons. The van der Waals surface area contributed by atoms with Gasteiger partial charge in [-0.05, 0) is 48.5 Å². The number of fused-ring (bicyclic) bond motifs is 1. The van der Waals surface area contributed by atoms with Gasteiger partial charge in [0.1, 0.15) is 0 Å². The normalized spacial score (nSPS) is 14.8. The van der Waals surface area contributed by atoms with Crippen LogP contribution in [-0.2, 0) is 11.3 Å².